The minimum absolute atomic E-state index is 0.177. The van der Waals surface area contributed by atoms with E-state index in [1.54, 1.807) is 25.3 Å². The van der Waals surface area contributed by atoms with Gasteiger partial charge in [0.1, 0.15) is 11.9 Å². The number of carboxylic acid groups (broad SMARTS) is 1. The molecule has 1 saturated carbocycles. The van der Waals surface area contributed by atoms with E-state index in [9.17, 15) is 14.7 Å². The summed E-state index contributed by atoms with van der Waals surface area (Å²) in [5, 5.41) is 9.33. The summed E-state index contributed by atoms with van der Waals surface area (Å²) >= 11 is 0. The molecule has 6 nitrogen and oxygen atoms in total. The Morgan fingerprint density at radius 1 is 1.12 bits per heavy atom. The molecule has 2 atom stereocenters. The molecule has 168 valence electrons. The topological polar surface area (TPSA) is 76.1 Å². The number of amides is 1. The zero-order valence-corrected chi connectivity index (χ0v) is 18.4. The van der Waals surface area contributed by atoms with Crippen LogP contribution in [-0.4, -0.2) is 54.8 Å². The Morgan fingerprint density at radius 3 is 2.50 bits per heavy atom. The van der Waals surface area contributed by atoms with E-state index in [4.69, 9.17) is 9.47 Å². The van der Waals surface area contributed by atoms with Gasteiger partial charge in [-0.1, -0.05) is 24.3 Å². The first kappa shape index (κ1) is 21.0. The molecule has 1 spiro atoms. The number of aromatic carboxylic acids is 1. The highest BCUT2D eigenvalue weighted by atomic mass is 16.5. The quantitative estimate of drug-likeness (QED) is 0.756. The summed E-state index contributed by atoms with van der Waals surface area (Å²) in [5.41, 5.74) is 3.61. The maximum atomic E-state index is 12.6. The Balaban J connectivity index is 1.26. The highest BCUT2D eigenvalue weighted by Crippen LogP contribution is 2.65. The van der Waals surface area contributed by atoms with Crippen LogP contribution in [0.3, 0.4) is 0 Å². The van der Waals surface area contributed by atoms with Gasteiger partial charge in [0.15, 0.2) is 0 Å². The van der Waals surface area contributed by atoms with Gasteiger partial charge in [-0.25, -0.2) is 4.79 Å². The van der Waals surface area contributed by atoms with Crippen LogP contribution in [0, 0.1) is 5.41 Å². The van der Waals surface area contributed by atoms with Crippen LogP contribution in [0.15, 0.2) is 42.5 Å². The molecule has 1 aliphatic carbocycles. The van der Waals surface area contributed by atoms with Gasteiger partial charge in [-0.2, -0.15) is 0 Å². The van der Waals surface area contributed by atoms with Gasteiger partial charge in [0.2, 0.25) is 0 Å². The van der Waals surface area contributed by atoms with E-state index in [-0.39, 0.29) is 17.6 Å². The maximum absolute atomic E-state index is 12.6. The third kappa shape index (κ3) is 3.77. The average Bonchev–Trinajstić information content (AvgIpc) is 3.24. The molecule has 2 aromatic rings. The van der Waals surface area contributed by atoms with Crippen molar-refractivity contribution in [2.75, 3.05) is 26.8 Å². The van der Waals surface area contributed by atoms with Gasteiger partial charge < -0.3 is 19.5 Å². The summed E-state index contributed by atoms with van der Waals surface area (Å²) in [4.78, 5) is 26.0. The minimum Gasteiger partial charge on any atom is -0.496 e. The zero-order chi connectivity index (χ0) is 22.3. The summed E-state index contributed by atoms with van der Waals surface area (Å²) < 4.78 is 11.0. The molecular weight excluding hydrogens is 406 g/mol. The third-order valence-corrected chi connectivity index (χ3v) is 7.54. The SMILES string of the molecule is COc1ccc(C(=O)O)cc1-c1ccc([C@@H]2CC23CCN(C(=O)C2CCCO2)CC3)cc1. The molecule has 0 radical (unpaired) electrons. The van der Waals surface area contributed by atoms with E-state index in [1.807, 2.05) is 4.90 Å². The summed E-state index contributed by atoms with van der Waals surface area (Å²) in [7, 11) is 1.59. The van der Waals surface area contributed by atoms with Crippen molar-refractivity contribution in [3.63, 3.8) is 0 Å². The molecule has 0 aromatic heterocycles. The van der Waals surface area contributed by atoms with Crippen LogP contribution in [0.25, 0.3) is 11.1 Å². The normalized spacial score (nSPS) is 23.8. The molecule has 2 aromatic carbocycles. The van der Waals surface area contributed by atoms with Gasteiger partial charge in [-0.3, -0.25) is 4.79 Å². The van der Waals surface area contributed by atoms with Crippen molar-refractivity contribution < 1.29 is 24.2 Å². The van der Waals surface area contributed by atoms with Crippen molar-refractivity contribution in [2.24, 2.45) is 5.41 Å². The fraction of sp³-hybridized carbons (Fsp3) is 0.462. The molecule has 32 heavy (non-hydrogen) atoms. The van der Waals surface area contributed by atoms with Crippen molar-refractivity contribution in [3.05, 3.63) is 53.6 Å². The largest absolute Gasteiger partial charge is 0.496 e. The van der Waals surface area contributed by atoms with Crippen LogP contribution in [0.2, 0.25) is 0 Å². The molecule has 2 heterocycles. The smallest absolute Gasteiger partial charge is 0.335 e. The van der Waals surface area contributed by atoms with Gasteiger partial charge in [-0.05, 0) is 72.8 Å². The molecular formula is C26H29NO5. The highest BCUT2D eigenvalue weighted by Gasteiger charge is 2.55. The zero-order valence-electron chi connectivity index (χ0n) is 18.4. The Labute approximate surface area is 188 Å². The third-order valence-electron chi connectivity index (χ3n) is 7.54. The number of hydrogen-bond acceptors (Lipinski definition) is 4. The lowest BCUT2D eigenvalue weighted by molar-refractivity contribution is -0.142. The standard InChI is InChI=1S/C26H29NO5/c1-31-22-9-8-19(25(29)30)15-20(22)17-4-6-18(7-5-17)21-16-26(21)10-12-27(13-11-26)24(28)23-3-2-14-32-23/h4-9,15,21,23H,2-3,10-14,16H2,1H3,(H,29,30)/t21-,23?/m0/s1. The highest BCUT2D eigenvalue weighted by molar-refractivity contribution is 5.90. The van der Waals surface area contributed by atoms with E-state index in [2.05, 4.69) is 24.3 Å². The van der Waals surface area contributed by atoms with E-state index < -0.39 is 5.97 Å². The first-order valence-electron chi connectivity index (χ1n) is 11.4. The molecule has 1 amide bonds. The van der Waals surface area contributed by atoms with E-state index in [1.165, 1.54) is 12.0 Å². The fourth-order valence-corrected chi connectivity index (χ4v) is 5.48. The van der Waals surface area contributed by atoms with Crippen LogP contribution in [0.1, 0.15) is 53.9 Å². The molecule has 2 saturated heterocycles. The predicted octanol–water partition coefficient (Wildman–Crippen LogP) is 4.34. The summed E-state index contributed by atoms with van der Waals surface area (Å²) in [5.74, 6) is 0.420. The fourth-order valence-electron chi connectivity index (χ4n) is 5.48. The second-order valence-corrected chi connectivity index (χ2v) is 9.29. The number of likely N-dealkylation sites (tertiary alicyclic amines) is 1. The lowest BCUT2D eigenvalue weighted by atomic mass is 9.88. The Kier molecular flexibility index (Phi) is 5.41. The molecule has 2 aliphatic heterocycles. The Bertz CT molecular complexity index is 1020. The Morgan fingerprint density at radius 2 is 1.88 bits per heavy atom. The van der Waals surface area contributed by atoms with Gasteiger partial charge >= 0.3 is 5.97 Å². The molecule has 6 heteroatoms. The van der Waals surface area contributed by atoms with Gasteiger partial charge in [0.25, 0.3) is 5.91 Å². The van der Waals surface area contributed by atoms with Gasteiger partial charge in [-0.15, -0.1) is 0 Å². The minimum atomic E-state index is -0.949. The van der Waals surface area contributed by atoms with Crippen molar-refractivity contribution in [1.82, 2.24) is 4.90 Å². The first-order chi connectivity index (χ1) is 15.5. The molecule has 1 N–H and O–H groups in total. The van der Waals surface area contributed by atoms with Crippen LogP contribution in [0.5, 0.6) is 5.75 Å². The number of carbonyl (C=O) groups is 2. The second kappa shape index (κ2) is 8.24. The molecule has 5 rings (SSSR count). The van der Waals surface area contributed by atoms with Crippen LogP contribution >= 0.6 is 0 Å². The average molecular weight is 436 g/mol. The molecule has 1 unspecified atom stereocenters. The first-order valence-corrected chi connectivity index (χ1v) is 11.4. The number of nitrogens with zero attached hydrogens (tertiary/aromatic N) is 1. The summed E-state index contributed by atoms with van der Waals surface area (Å²) in [6, 6.07) is 13.4. The second-order valence-electron chi connectivity index (χ2n) is 9.29. The predicted molar refractivity (Wildman–Crippen MR) is 120 cm³/mol. The van der Waals surface area contributed by atoms with Crippen molar-refractivity contribution in [3.8, 4) is 16.9 Å². The summed E-state index contributed by atoms with van der Waals surface area (Å²) in [6.07, 6.45) is 4.89. The lowest BCUT2D eigenvalue weighted by Gasteiger charge is -2.34. The van der Waals surface area contributed by atoms with Crippen LogP contribution < -0.4 is 4.74 Å². The maximum Gasteiger partial charge on any atom is 0.335 e. The van der Waals surface area contributed by atoms with Crippen molar-refractivity contribution >= 4 is 11.9 Å². The number of carboxylic acids is 1. The van der Waals surface area contributed by atoms with E-state index in [0.717, 1.165) is 49.9 Å². The lowest BCUT2D eigenvalue weighted by Crippen LogP contribution is -2.44. The number of hydrogen-bond donors (Lipinski definition) is 1. The van der Waals surface area contributed by atoms with Crippen LogP contribution in [-0.2, 0) is 9.53 Å². The Hall–Kier alpha value is -2.86. The van der Waals surface area contributed by atoms with Crippen LogP contribution in [0.4, 0.5) is 0 Å². The molecule has 0 bridgehead atoms. The number of rotatable bonds is 5. The molecule has 3 aliphatic rings. The van der Waals surface area contributed by atoms with Gasteiger partial charge in [0, 0.05) is 25.3 Å². The number of methoxy groups -OCH3 is 1. The van der Waals surface area contributed by atoms with Gasteiger partial charge in [0.05, 0.1) is 12.7 Å². The van der Waals surface area contributed by atoms with Crippen molar-refractivity contribution in [2.45, 2.75) is 44.1 Å². The van der Waals surface area contributed by atoms with Crippen molar-refractivity contribution in [1.29, 1.82) is 0 Å². The number of benzene rings is 2. The molecule has 3 fully saturated rings. The number of piperidine rings is 1. The number of carbonyl (C=O) groups excluding carboxylic acids is 1. The monoisotopic (exact) mass is 435 g/mol. The van der Waals surface area contributed by atoms with E-state index >= 15 is 0 Å². The summed E-state index contributed by atoms with van der Waals surface area (Å²) in [6.45, 7) is 2.36. The number of ether oxygens (including phenoxy) is 2. The van der Waals surface area contributed by atoms with E-state index in [0.29, 0.717) is 23.7 Å².